The molecule has 2 aliphatic rings. The highest BCUT2D eigenvalue weighted by molar-refractivity contribution is 5.78. The number of aliphatic hydroxyl groups is 1. The largest absolute Gasteiger partial charge is 0.392 e. The first-order chi connectivity index (χ1) is 8.56. The highest BCUT2D eigenvalue weighted by atomic mass is 16.3. The van der Waals surface area contributed by atoms with E-state index in [0.29, 0.717) is 19.1 Å². The molecule has 0 spiro atoms. The van der Waals surface area contributed by atoms with Gasteiger partial charge in [0.1, 0.15) is 0 Å². The topological polar surface area (TPSA) is 43.8 Å². The molecule has 18 heavy (non-hydrogen) atoms. The molecule has 0 aromatic carbocycles. The number of amides is 1. The Balaban J connectivity index is 1.77. The van der Waals surface area contributed by atoms with Crippen molar-refractivity contribution in [3.63, 3.8) is 0 Å². The van der Waals surface area contributed by atoms with Crippen LogP contribution in [-0.2, 0) is 4.79 Å². The Kier molecular flexibility index (Phi) is 4.62. The Hall–Kier alpha value is -0.610. The fourth-order valence-corrected chi connectivity index (χ4v) is 3.09. The molecule has 1 amide bonds. The van der Waals surface area contributed by atoms with E-state index in [9.17, 15) is 9.90 Å². The lowest BCUT2D eigenvalue weighted by Crippen LogP contribution is -2.44. The van der Waals surface area contributed by atoms with Crippen molar-refractivity contribution in [2.75, 3.05) is 26.7 Å². The van der Waals surface area contributed by atoms with Gasteiger partial charge in [-0.25, -0.2) is 0 Å². The monoisotopic (exact) mass is 254 g/mol. The number of aliphatic hydroxyl groups excluding tert-OH is 1. The van der Waals surface area contributed by atoms with Crippen LogP contribution in [0.2, 0.25) is 0 Å². The van der Waals surface area contributed by atoms with E-state index in [1.54, 1.807) is 0 Å². The Morgan fingerprint density at radius 1 is 1.28 bits per heavy atom. The van der Waals surface area contributed by atoms with Gasteiger partial charge in [0, 0.05) is 26.2 Å². The van der Waals surface area contributed by atoms with Crippen molar-refractivity contribution in [1.82, 2.24) is 9.80 Å². The summed E-state index contributed by atoms with van der Waals surface area (Å²) in [5.41, 5.74) is 0. The van der Waals surface area contributed by atoms with Gasteiger partial charge in [-0.15, -0.1) is 0 Å². The van der Waals surface area contributed by atoms with Crippen LogP contribution in [0.25, 0.3) is 0 Å². The van der Waals surface area contributed by atoms with Gasteiger partial charge in [-0.1, -0.05) is 6.92 Å². The average Bonchev–Trinajstić information content (AvgIpc) is 2.75. The highest BCUT2D eigenvalue weighted by Gasteiger charge is 2.27. The SMILES string of the molecule is CC1CCC(N(C)C(=O)CN2CCC(O)C2)CC1. The molecule has 0 bridgehead atoms. The second-order valence-electron chi connectivity index (χ2n) is 6.10. The number of carbonyl (C=O) groups excluding carboxylic acids is 1. The van der Waals surface area contributed by atoms with E-state index < -0.39 is 0 Å². The number of carbonyl (C=O) groups is 1. The zero-order valence-corrected chi connectivity index (χ0v) is 11.6. The number of likely N-dealkylation sites (N-methyl/N-ethyl adjacent to an activating group) is 1. The summed E-state index contributed by atoms with van der Waals surface area (Å²) in [6.07, 6.45) is 5.34. The minimum Gasteiger partial charge on any atom is -0.392 e. The van der Waals surface area contributed by atoms with E-state index in [2.05, 4.69) is 11.8 Å². The van der Waals surface area contributed by atoms with Crippen LogP contribution in [0.5, 0.6) is 0 Å². The third kappa shape index (κ3) is 3.45. The van der Waals surface area contributed by atoms with Gasteiger partial charge < -0.3 is 10.0 Å². The van der Waals surface area contributed by atoms with Gasteiger partial charge in [0.25, 0.3) is 0 Å². The molecule has 1 unspecified atom stereocenters. The fraction of sp³-hybridized carbons (Fsp3) is 0.929. The van der Waals surface area contributed by atoms with Crippen LogP contribution in [0.1, 0.15) is 39.0 Å². The summed E-state index contributed by atoms with van der Waals surface area (Å²) >= 11 is 0. The van der Waals surface area contributed by atoms with E-state index in [0.717, 1.165) is 31.7 Å². The van der Waals surface area contributed by atoms with Crippen LogP contribution in [0.3, 0.4) is 0 Å². The average molecular weight is 254 g/mol. The Labute approximate surface area is 110 Å². The maximum absolute atomic E-state index is 12.2. The number of hydrogen-bond acceptors (Lipinski definition) is 3. The van der Waals surface area contributed by atoms with Crippen molar-refractivity contribution in [3.8, 4) is 0 Å². The summed E-state index contributed by atoms with van der Waals surface area (Å²) < 4.78 is 0. The molecule has 1 N–H and O–H groups in total. The second-order valence-corrected chi connectivity index (χ2v) is 6.10. The molecule has 2 rings (SSSR count). The molecule has 0 radical (unpaired) electrons. The molecular weight excluding hydrogens is 228 g/mol. The standard InChI is InChI=1S/C14H26N2O2/c1-11-3-5-12(6-4-11)15(2)14(18)10-16-8-7-13(17)9-16/h11-13,17H,3-10H2,1-2H3. The van der Waals surface area contributed by atoms with Gasteiger partial charge >= 0.3 is 0 Å². The first-order valence-corrected chi connectivity index (χ1v) is 7.22. The molecule has 4 nitrogen and oxygen atoms in total. The molecule has 1 aliphatic heterocycles. The summed E-state index contributed by atoms with van der Waals surface area (Å²) in [5.74, 6) is 1.03. The minimum atomic E-state index is -0.237. The van der Waals surface area contributed by atoms with Gasteiger partial charge in [-0.05, 0) is 38.0 Å². The van der Waals surface area contributed by atoms with Crippen LogP contribution in [0.4, 0.5) is 0 Å². The first-order valence-electron chi connectivity index (χ1n) is 7.22. The summed E-state index contributed by atoms with van der Waals surface area (Å²) in [6, 6.07) is 0.432. The van der Waals surface area contributed by atoms with E-state index in [1.165, 1.54) is 12.8 Å². The van der Waals surface area contributed by atoms with Crippen molar-refractivity contribution >= 4 is 5.91 Å². The number of likely N-dealkylation sites (tertiary alicyclic amines) is 1. The highest BCUT2D eigenvalue weighted by Crippen LogP contribution is 2.26. The van der Waals surface area contributed by atoms with Crippen LogP contribution < -0.4 is 0 Å². The molecule has 2 fully saturated rings. The molecule has 1 saturated heterocycles. The predicted molar refractivity (Wildman–Crippen MR) is 71.3 cm³/mol. The van der Waals surface area contributed by atoms with Crippen LogP contribution >= 0.6 is 0 Å². The quantitative estimate of drug-likeness (QED) is 0.820. The number of hydrogen-bond donors (Lipinski definition) is 1. The van der Waals surface area contributed by atoms with Crippen LogP contribution in [0, 0.1) is 5.92 Å². The molecule has 0 aromatic rings. The molecule has 104 valence electrons. The molecule has 1 aliphatic carbocycles. The third-order valence-corrected chi connectivity index (χ3v) is 4.53. The Bertz CT molecular complexity index is 288. The van der Waals surface area contributed by atoms with Crippen molar-refractivity contribution in [3.05, 3.63) is 0 Å². The normalized spacial score (nSPS) is 33.6. The smallest absolute Gasteiger partial charge is 0.236 e. The van der Waals surface area contributed by atoms with Gasteiger partial charge in [0.15, 0.2) is 0 Å². The van der Waals surface area contributed by atoms with Gasteiger partial charge in [-0.3, -0.25) is 9.69 Å². The van der Waals surface area contributed by atoms with Crippen LogP contribution in [-0.4, -0.2) is 59.6 Å². The van der Waals surface area contributed by atoms with E-state index in [1.807, 2.05) is 11.9 Å². The van der Waals surface area contributed by atoms with Crippen molar-refractivity contribution in [2.24, 2.45) is 5.92 Å². The summed E-state index contributed by atoms with van der Waals surface area (Å²) in [7, 11) is 1.94. The summed E-state index contributed by atoms with van der Waals surface area (Å²) in [5, 5.41) is 9.46. The summed E-state index contributed by atoms with van der Waals surface area (Å²) in [6.45, 7) is 4.27. The molecule has 1 atom stereocenters. The second kappa shape index (κ2) is 6.02. The lowest BCUT2D eigenvalue weighted by Gasteiger charge is -2.34. The number of β-amino-alcohol motifs (C(OH)–C–C–N with tert-alkyl or cyclic N) is 1. The number of rotatable bonds is 3. The van der Waals surface area contributed by atoms with Gasteiger partial charge in [0.05, 0.1) is 12.6 Å². The van der Waals surface area contributed by atoms with E-state index in [-0.39, 0.29) is 12.0 Å². The van der Waals surface area contributed by atoms with Crippen molar-refractivity contribution in [1.29, 1.82) is 0 Å². The zero-order chi connectivity index (χ0) is 13.1. The van der Waals surface area contributed by atoms with E-state index >= 15 is 0 Å². The lowest BCUT2D eigenvalue weighted by molar-refractivity contribution is -0.133. The fourth-order valence-electron chi connectivity index (χ4n) is 3.09. The summed E-state index contributed by atoms with van der Waals surface area (Å²) in [4.78, 5) is 16.2. The first kappa shape index (κ1) is 13.8. The minimum absolute atomic E-state index is 0.212. The Morgan fingerprint density at radius 3 is 2.50 bits per heavy atom. The maximum atomic E-state index is 12.2. The molecule has 0 aromatic heterocycles. The van der Waals surface area contributed by atoms with Crippen molar-refractivity contribution in [2.45, 2.75) is 51.2 Å². The number of nitrogens with zero attached hydrogens (tertiary/aromatic N) is 2. The van der Waals surface area contributed by atoms with Crippen molar-refractivity contribution < 1.29 is 9.90 Å². The maximum Gasteiger partial charge on any atom is 0.236 e. The molecule has 4 heteroatoms. The third-order valence-electron chi connectivity index (χ3n) is 4.53. The van der Waals surface area contributed by atoms with E-state index in [4.69, 9.17) is 0 Å². The Morgan fingerprint density at radius 2 is 1.94 bits per heavy atom. The van der Waals surface area contributed by atoms with Gasteiger partial charge in [-0.2, -0.15) is 0 Å². The lowest BCUT2D eigenvalue weighted by atomic mass is 9.87. The molecule has 1 heterocycles. The van der Waals surface area contributed by atoms with Gasteiger partial charge in [0.2, 0.25) is 5.91 Å². The van der Waals surface area contributed by atoms with Crippen LogP contribution in [0.15, 0.2) is 0 Å². The molecular formula is C14H26N2O2. The molecule has 1 saturated carbocycles. The predicted octanol–water partition coefficient (Wildman–Crippen LogP) is 1.09. The zero-order valence-electron chi connectivity index (χ0n) is 11.6.